The molecule has 0 bridgehead atoms. The number of rotatable bonds is 6. The molecule has 7 N–H and O–H groups in total. The van der Waals surface area contributed by atoms with Gasteiger partial charge in [-0.05, 0) is 0 Å². The van der Waals surface area contributed by atoms with Crippen LogP contribution in [0.1, 0.15) is 0 Å². The predicted octanol–water partition coefficient (Wildman–Crippen LogP) is -4.48. The van der Waals surface area contributed by atoms with Crippen molar-refractivity contribution in [3.63, 3.8) is 0 Å². The van der Waals surface area contributed by atoms with Gasteiger partial charge in [0.25, 0.3) is 0 Å². The lowest BCUT2D eigenvalue weighted by molar-refractivity contribution is -0.310. The van der Waals surface area contributed by atoms with Crippen LogP contribution in [0.2, 0.25) is 0 Å². The van der Waals surface area contributed by atoms with Crippen molar-refractivity contribution in [2.24, 2.45) is 0 Å². The standard InChI is InChI=1S/C10H20O9/c11-1-5-6(14)7(15)8(16)9(19-5)18-4-10(17,2-12)3-13/h5-9,11-17H,1-4H2. The molecule has 5 atom stereocenters. The normalized spacial score (nSPS) is 36.5. The molecule has 1 rings (SSSR count). The molecule has 1 saturated heterocycles. The van der Waals surface area contributed by atoms with Gasteiger partial charge in [0.15, 0.2) is 6.29 Å². The molecule has 1 fully saturated rings. The summed E-state index contributed by atoms with van der Waals surface area (Å²) >= 11 is 0. The monoisotopic (exact) mass is 284 g/mol. The van der Waals surface area contributed by atoms with Crippen molar-refractivity contribution in [2.45, 2.75) is 36.3 Å². The average molecular weight is 284 g/mol. The van der Waals surface area contributed by atoms with Crippen molar-refractivity contribution in [3.05, 3.63) is 0 Å². The molecule has 9 heteroatoms. The Morgan fingerprint density at radius 1 is 0.947 bits per heavy atom. The number of hydrogen-bond donors (Lipinski definition) is 7. The Morgan fingerprint density at radius 3 is 2.00 bits per heavy atom. The van der Waals surface area contributed by atoms with Crippen LogP contribution >= 0.6 is 0 Å². The molecule has 0 aliphatic carbocycles. The molecular weight excluding hydrogens is 264 g/mol. The number of hydrogen-bond acceptors (Lipinski definition) is 9. The first-order chi connectivity index (χ1) is 8.88. The van der Waals surface area contributed by atoms with Crippen molar-refractivity contribution >= 4 is 0 Å². The van der Waals surface area contributed by atoms with Crippen molar-refractivity contribution in [1.29, 1.82) is 0 Å². The summed E-state index contributed by atoms with van der Waals surface area (Å²) in [5.74, 6) is 0. The fraction of sp³-hybridized carbons (Fsp3) is 1.00. The predicted molar refractivity (Wildman–Crippen MR) is 58.8 cm³/mol. The molecule has 114 valence electrons. The van der Waals surface area contributed by atoms with E-state index in [0.29, 0.717) is 0 Å². The highest BCUT2D eigenvalue weighted by atomic mass is 16.7. The van der Waals surface area contributed by atoms with Gasteiger partial charge >= 0.3 is 0 Å². The van der Waals surface area contributed by atoms with Crippen molar-refractivity contribution in [1.82, 2.24) is 0 Å². The van der Waals surface area contributed by atoms with Crippen LogP contribution in [-0.4, -0.2) is 98.5 Å². The average Bonchev–Trinajstić information content (AvgIpc) is 2.43. The molecule has 0 spiro atoms. The van der Waals surface area contributed by atoms with Crippen LogP contribution in [-0.2, 0) is 9.47 Å². The molecule has 0 saturated carbocycles. The van der Waals surface area contributed by atoms with Gasteiger partial charge in [-0.25, -0.2) is 0 Å². The zero-order valence-corrected chi connectivity index (χ0v) is 10.2. The van der Waals surface area contributed by atoms with Gasteiger partial charge in [0.1, 0.15) is 30.0 Å². The first-order valence-electron chi connectivity index (χ1n) is 5.74. The molecule has 9 nitrogen and oxygen atoms in total. The van der Waals surface area contributed by atoms with Crippen LogP contribution in [0.25, 0.3) is 0 Å². The van der Waals surface area contributed by atoms with Gasteiger partial charge < -0.3 is 45.2 Å². The third-order valence-corrected chi connectivity index (χ3v) is 2.95. The van der Waals surface area contributed by atoms with E-state index in [4.69, 9.17) is 24.8 Å². The van der Waals surface area contributed by atoms with E-state index in [-0.39, 0.29) is 0 Å². The zero-order chi connectivity index (χ0) is 14.6. The summed E-state index contributed by atoms with van der Waals surface area (Å²) < 4.78 is 9.98. The third kappa shape index (κ3) is 3.81. The summed E-state index contributed by atoms with van der Waals surface area (Å²) in [7, 11) is 0. The van der Waals surface area contributed by atoms with E-state index >= 15 is 0 Å². The molecule has 0 radical (unpaired) electrons. The van der Waals surface area contributed by atoms with E-state index < -0.39 is 62.7 Å². The maximum absolute atomic E-state index is 9.62. The van der Waals surface area contributed by atoms with E-state index in [2.05, 4.69) is 0 Å². The lowest BCUT2D eigenvalue weighted by Gasteiger charge is -2.40. The van der Waals surface area contributed by atoms with Gasteiger partial charge in [-0.15, -0.1) is 0 Å². The highest BCUT2D eigenvalue weighted by molar-refractivity contribution is 4.89. The molecule has 0 amide bonds. The summed E-state index contributed by atoms with van der Waals surface area (Å²) in [6.45, 7) is -2.72. The molecule has 0 aromatic rings. The molecule has 5 unspecified atom stereocenters. The SMILES string of the molecule is OCC1OC(OCC(O)(CO)CO)C(O)C(O)C1O. The summed E-state index contributed by atoms with van der Waals surface area (Å²) in [6, 6.07) is 0. The number of ether oxygens (including phenoxy) is 2. The molecule has 0 aromatic heterocycles. The summed E-state index contributed by atoms with van der Waals surface area (Å²) in [6.07, 6.45) is -7.24. The Hall–Kier alpha value is -0.360. The second-order valence-electron chi connectivity index (χ2n) is 4.55. The van der Waals surface area contributed by atoms with Gasteiger partial charge in [0.2, 0.25) is 0 Å². The number of aliphatic hydroxyl groups excluding tert-OH is 6. The van der Waals surface area contributed by atoms with Crippen LogP contribution in [0.4, 0.5) is 0 Å². The van der Waals surface area contributed by atoms with E-state index in [9.17, 15) is 20.4 Å². The highest BCUT2D eigenvalue weighted by Gasteiger charge is 2.44. The Kier molecular flexibility index (Phi) is 6.05. The minimum absolute atomic E-state index is 0.567. The Morgan fingerprint density at radius 2 is 1.53 bits per heavy atom. The van der Waals surface area contributed by atoms with Crippen LogP contribution in [0.5, 0.6) is 0 Å². The molecule has 1 aliphatic heterocycles. The van der Waals surface area contributed by atoms with Gasteiger partial charge in [-0.3, -0.25) is 0 Å². The van der Waals surface area contributed by atoms with E-state index in [0.717, 1.165) is 0 Å². The van der Waals surface area contributed by atoms with Crippen molar-refractivity contribution in [3.8, 4) is 0 Å². The summed E-state index contributed by atoms with van der Waals surface area (Å²) in [5.41, 5.74) is -1.92. The Bertz CT molecular complexity index is 268. The van der Waals surface area contributed by atoms with Crippen LogP contribution < -0.4 is 0 Å². The molecule has 1 heterocycles. The van der Waals surface area contributed by atoms with E-state index in [1.54, 1.807) is 0 Å². The fourth-order valence-corrected chi connectivity index (χ4v) is 1.58. The maximum Gasteiger partial charge on any atom is 0.186 e. The lowest BCUT2D eigenvalue weighted by atomic mass is 9.99. The topological polar surface area (TPSA) is 160 Å². The first kappa shape index (κ1) is 16.7. The minimum atomic E-state index is -1.92. The molecular formula is C10H20O9. The highest BCUT2D eigenvalue weighted by Crippen LogP contribution is 2.22. The minimum Gasteiger partial charge on any atom is -0.394 e. The summed E-state index contributed by atoms with van der Waals surface area (Å²) in [4.78, 5) is 0. The van der Waals surface area contributed by atoms with Gasteiger partial charge in [0, 0.05) is 0 Å². The van der Waals surface area contributed by atoms with E-state index in [1.165, 1.54) is 0 Å². The second kappa shape index (κ2) is 6.88. The lowest BCUT2D eigenvalue weighted by Crippen LogP contribution is -2.60. The van der Waals surface area contributed by atoms with Gasteiger partial charge in [0.05, 0.1) is 26.4 Å². The van der Waals surface area contributed by atoms with Crippen LogP contribution in [0.3, 0.4) is 0 Å². The fourth-order valence-electron chi connectivity index (χ4n) is 1.58. The third-order valence-electron chi connectivity index (χ3n) is 2.95. The zero-order valence-electron chi connectivity index (χ0n) is 10.2. The number of aliphatic hydroxyl groups is 7. The van der Waals surface area contributed by atoms with Gasteiger partial charge in [-0.2, -0.15) is 0 Å². The molecule has 19 heavy (non-hydrogen) atoms. The molecule has 1 aliphatic rings. The van der Waals surface area contributed by atoms with Crippen LogP contribution in [0, 0.1) is 0 Å². The van der Waals surface area contributed by atoms with Gasteiger partial charge in [-0.1, -0.05) is 0 Å². The smallest absolute Gasteiger partial charge is 0.186 e. The quantitative estimate of drug-likeness (QED) is 0.255. The van der Waals surface area contributed by atoms with Crippen molar-refractivity contribution < 1.29 is 45.2 Å². The van der Waals surface area contributed by atoms with E-state index in [1.807, 2.05) is 0 Å². The maximum atomic E-state index is 9.62. The Labute approximate surface area is 109 Å². The first-order valence-corrected chi connectivity index (χ1v) is 5.74. The molecule has 0 aromatic carbocycles. The van der Waals surface area contributed by atoms with Crippen molar-refractivity contribution in [2.75, 3.05) is 26.4 Å². The Balaban J connectivity index is 2.62. The van der Waals surface area contributed by atoms with Crippen LogP contribution in [0.15, 0.2) is 0 Å². The largest absolute Gasteiger partial charge is 0.394 e. The second-order valence-corrected chi connectivity index (χ2v) is 4.55. The summed E-state index contributed by atoms with van der Waals surface area (Å²) in [5, 5.41) is 64.8.